The molecule has 5 heteroatoms. The molecular formula is C14H18N2O3. The Hall–Kier alpha value is -2.04. The molecule has 3 N–H and O–H groups in total. The highest BCUT2D eigenvalue weighted by Crippen LogP contribution is 2.20. The van der Waals surface area contributed by atoms with Gasteiger partial charge < -0.3 is 15.7 Å². The number of amides is 2. The van der Waals surface area contributed by atoms with E-state index in [9.17, 15) is 14.7 Å². The molecule has 2 atom stereocenters. The number of carbonyl (C=O) groups is 2. The Morgan fingerprint density at radius 2 is 1.74 bits per heavy atom. The Balaban J connectivity index is 2.12. The molecule has 0 unspecified atom stereocenters. The Morgan fingerprint density at radius 1 is 1.11 bits per heavy atom. The summed E-state index contributed by atoms with van der Waals surface area (Å²) in [6, 6.07) is 5.10. The molecule has 0 bridgehead atoms. The zero-order chi connectivity index (χ0) is 14.0. The fourth-order valence-corrected chi connectivity index (χ4v) is 2.17. The first-order chi connectivity index (χ1) is 8.97. The number of piperazine rings is 1. The SMILES string of the molecule is CC(C)C[C@H]1NC(=O)[C@@H](c2ccc(O)cc2)NC1=O. The van der Waals surface area contributed by atoms with Gasteiger partial charge in [0, 0.05) is 0 Å². The van der Waals surface area contributed by atoms with Gasteiger partial charge in [-0.1, -0.05) is 26.0 Å². The van der Waals surface area contributed by atoms with E-state index >= 15 is 0 Å². The number of hydrogen-bond donors (Lipinski definition) is 3. The molecule has 1 aromatic carbocycles. The standard InChI is InChI=1S/C14H18N2O3/c1-8(2)7-11-13(18)16-12(14(19)15-11)9-3-5-10(17)6-4-9/h3-6,8,11-12,17H,7H2,1-2H3,(H,15,19)(H,16,18)/t11-,12-/m1/s1. The molecule has 5 nitrogen and oxygen atoms in total. The van der Waals surface area contributed by atoms with E-state index in [0.29, 0.717) is 17.9 Å². The fourth-order valence-electron chi connectivity index (χ4n) is 2.17. The maximum atomic E-state index is 12.0. The maximum absolute atomic E-state index is 12.0. The quantitative estimate of drug-likeness (QED) is 0.763. The first-order valence-electron chi connectivity index (χ1n) is 6.37. The van der Waals surface area contributed by atoms with Crippen molar-refractivity contribution in [3.63, 3.8) is 0 Å². The van der Waals surface area contributed by atoms with Gasteiger partial charge in [-0.25, -0.2) is 0 Å². The van der Waals surface area contributed by atoms with Crippen LogP contribution in [0.3, 0.4) is 0 Å². The van der Waals surface area contributed by atoms with E-state index in [1.54, 1.807) is 12.1 Å². The summed E-state index contributed by atoms with van der Waals surface area (Å²) < 4.78 is 0. The molecule has 0 aliphatic carbocycles. The summed E-state index contributed by atoms with van der Waals surface area (Å²) >= 11 is 0. The number of benzene rings is 1. The smallest absolute Gasteiger partial charge is 0.247 e. The minimum absolute atomic E-state index is 0.129. The van der Waals surface area contributed by atoms with Gasteiger partial charge in [0.1, 0.15) is 17.8 Å². The summed E-state index contributed by atoms with van der Waals surface area (Å²) in [5.74, 6) is 0.0903. The molecule has 1 aromatic rings. The van der Waals surface area contributed by atoms with Crippen molar-refractivity contribution in [2.75, 3.05) is 0 Å². The predicted molar refractivity (Wildman–Crippen MR) is 70.4 cm³/mol. The summed E-state index contributed by atoms with van der Waals surface area (Å²) in [5.41, 5.74) is 0.659. The molecule has 0 spiro atoms. The molecule has 0 aromatic heterocycles. The third-order valence-corrected chi connectivity index (χ3v) is 3.12. The normalized spacial score (nSPS) is 23.1. The Kier molecular flexibility index (Phi) is 3.74. The number of rotatable bonds is 3. The highest BCUT2D eigenvalue weighted by molar-refractivity contribution is 5.97. The van der Waals surface area contributed by atoms with Crippen LogP contribution in [0.15, 0.2) is 24.3 Å². The van der Waals surface area contributed by atoms with Crippen LogP contribution in [0.25, 0.3) is 0 Å². The summed E-state index contributed by atoms with van der Waals surface area (Å²) in [4.78, 5) is 24.0. The zero-order valence-electron chi connectivity index (χ0n) is 11.0. The van der Waals surface area contributed by atoms with E-state index in [2.05, 4.69) is 10.6 Å². The lowest BCUT2D eigenvalue weighted by Gasteiger charge is -2.30. The molecule has 2 amide bonds. The van der Waals surface area contributed by atoms with E-state index in [0.717, 1.165) is 0 Å². The largest absolute Gasteiger partial charge is 0.508 e. The van der Waals surface area contributed by atoms with Crippen molar-refractivity contribution in [3.05, 3.63) is 29.8 Å². The molecule has 1 aliphatic heterocycles. The number of hydrogen-bond acceptors (Lipinski definition) is 3. The molecule has 1 fully saturated rings. The Labute approximate surface area is 112 Å². The molecular weight excluding hydrogens is 244 g/mol. The van der Waals surface area contributed by atoms with E-state index < -0.39 is 12.1 Å². The molecule has 1 aliphatic rings. The van der Waals surface area contributed by atoms with Crippen LogP contribution in [0.2, 0.25) is 0 Å². The van der Waals surface area contributed by atoms with Gasteiger partial charge >= 0.3 is 0 Å². The second-order valence-corrected chi connectivity index (χ2v) is 5.22. The summed E-state index contributed by atoms with van der Waals surface area (Å²) in [6.45, 7) is 4.01. The third kappa shape index (κ3) is 3.05. The topological polar surface area (TPSA) is 78.4 Å². The molecule has 19 heavy (non-hydrogen) atoms. The average molecular weight is 262 g/mol. The van der Waals surface area contributed by atoms with Gasteiger partial charge in [0.05, 0.1) is 0 Å². The lowest BCUT2D eigenvalue weighted by atomic mass is 9.97. The van der Waals surface area contributed by atoms with E-state index in [-0.39, 0.29) is 17.6 Å². The van der Waals surface area contributed by atoms with Crippen LogP contribution < -0.4 is 10.6 Å². The van der Waals surface area contributed by atoms with Gasteiger partial charge in [-0.2, -0.15) is 0 Å². The van der Waals surface area contributed by atoms with E-state index in [1.807, 2.05) is 13.8 Å². The minimum Gasteiger partial charge on any atom is -0.508 e. The van der Waals surface area contributed by atoms with Crippen LogP contribution in [0.5, 0.6) is 5.75 Å². The first-order valence-corrected chi connectivity index (χ1v) is 6.37. The maximum Gasteiger partial charge on any atom is 0.247 e. The molecule has 0 radical (unpaired) electrons. The molecule has 1 heterocycles. The molecule has 0 saturated carbocycles. The monoisotopic (exact) mass is 262 g/mol. The van der Waals surface area contributed by atoms with Gasteiger partial charge in [-0.3, -0.25) is 9.59 Å². The Bertz CT molecular complexity index is 482. The van der Waals surface area contributed by atoms with Gasteiger partial charge in [0.2, 0.25) is 11.8 Å². The van der Waals surface area contributed by atoms with Gasteiger partial charge in [-0.05, 0) is 30.0 Å². The fraction of sp³-hybridized carbons (Fsp3) is 0.429. The first kappa shape index (κ1) is 13.4. The van der Waals surface area contributed by atoms with Gasteiger partial charge in [0.25, 0.3) is 0 Å². The van der Waals surface area contributed by atoms with Crippen molar-refractivity contribution < 1.29 is 14.7 Å². The highest BCUT2D eigenvalue weighted by Gasteiger charge is 2.34. The number of nitrogens with one attached hydrogen (secondary N) is 2. The number of aromatic hydroxyl groups is 1. The van der Waals surface area contributed by atoms with Crippen molar-refractivity contribution in [2.24, 2.45) is 5.92 Å². The minimum atomic E-state index is -0.684. The molecule has 2 rings (SSSR count). The number of phenolic OH excluding ortho intramolecular Hbond substituents is 1. The van der Waals surface area contributed by atoms with Crippen molar-refractivity contribution in [2.45, 2.75) is 32.4 Å². The number of carbonyl (C=O) groups excluding carboxylic acids is 2. The van der Waals surface area contributed by atoms with Crippen LogP contribution in [0.1, 0.15) is 31.9 Å². The summed E-state index contributed by atoms with van der Waals surface area (Å²) in [7, 11) is 0. The van der Waals surface area contributed by atoms with Crippen LogP contribution in [0, 0.1) is 5.92 Å². The predicted octanol–water partition coefficient (Wildman–Crippen LogP) is 1.09. The van der Waals surface area contributed by atoms with E-state index in [1.165, 1.54) is 12.1 Å². The molecule has 102 valence electrons. The van der Waals surface area contributed by atoms with Gasteiger partial charge in [0.15, 0.2) is 0 Å². The van der Waals surface area contributed by atoms with E-state index in [4.69, 9.17) is 0 Å². The summed E-state index contributed by atoms with van der Waals surface area (Å²) in [6.07, 6.45) is 0.625. The van der Waals surface area contributed by atoms with Crippen molar-refractivity contribution in [1.29, 1.82) is 0 Å². The van der Waals surface area contributed by atoms with Crippen molar-refractivity contribution in [3.8, 4) is 5.75 Å². The second kappa shape index (κ2) is 5.30. The van der Waals surface area contributed by atoms with Crippen LogP contribution in [-0.2, 0) is 9.59 Å². The number of phenols is 1. The van der Waals surface area contributed by atoms with Crippen LogP contribution in [-0.4, -0.2) is 23.0 Å². The molecule has 1 saturated heterocycles. The average Bonchev–Trinajstić information content (AvgIpc) is 2.34. The highest BCUT2D eigenvalue weighted by atomic mass is 16.3. The second-order valence-electron chi connectivity index (χ2n) is 5.22. The van der Waals surface area contributed by atoms with Crippen molar-refractivity contribution in [1.82, 2.24) is 10.6 Å². The Morgan fingerprint density at radius 3 is 2.32 bits per heavy atom. The zero-order valence-corrected chi connectivity index (χ0v) is 11.0. The van der Waals surface area contributed by atoms with Crippen LogP contribution >= 0.6 is 0 Å². The third-order valence-electron chi connectivity index (χ3n) is 3.12. The lowest BCUT2D eigenvalue weighted by molar-refractivity contribution is -0.137. The lowest BCUT2D eigenvalue weighted by Crippen LogP contribution is -2.57. The van der Waals surface area contributed by atoms with Gasteiger partial charge in [-0.15, -0.1) is 0 Å². The van der Waals surface area contributed by atoms with Crippen molar-refractivity contribution >= 4 is 11.8 Å². The van der Waals surface area contributed by atoms with Crippen LogP contribution in [0.4, 0.5) is 0 Å². The summed E-state index contributed by atoms with van der Waals surface area (Å²) in [5, 5.41) is 14.7.